The van der Waals surface area contributed by atoms with E-state index in [4.69, 9.17) is 0 Å². The Morgan fingerprint density at radius 3 is 2.81 bits per heavy atom. The Bertz CT molecular complexity index is 590. The number of aromatic nitrogens is 1. The highest BCUT2D eigenvalue weighted by atomic mass is 16.1. The second kappa shape index (κ2) is 7.74. The van der Waals surface area contributed by atoms with Crippen LogP contribution in [0.5, 0.6) is 0 Å². The maximum absolute atomic E-state index is 11.5. The molecule has 1 aromatic carbocycles. The number of nitrogens with one attached hydrogen (secondary N) is 2. The van der Waals surface area contributed by atoms with Crippen molar-refractivity contribution < 1.29 is 4.79 Å². The van der Waals surface area contributed by atoms with Gasteiger partial charge in [0.05, 0.1) is 5.52 Å². The maximum Gasteiger partial charge on any atom is 0.221 e. The summed E-state index contributed by atoms with van der Waals surface area (Å²) in [4.78, 5) is 15.9. The number of fused-ring (bicyclic) bond motifs is 1. The molecular weight excluding hydrogens is 262 g/mol. The molecule has 1 amide bonds. The van der Waals surface area contributed by atoms with Crippen molar-refractivity contribution in [3.05, 3.63) is 42.1 Å². The molecule has 21 heavy (non-hydrogen) atoms. The van der Waals surface area contributed by atoms with Crippen molar-refractivity contribution in [1.29, 1.82) is 0 Å². The summed E-state index contributed by atoms with van der Waals surface area (Å²) in [5.74, 6) is 0.101. The molecule has 0 unspecified atom stereocenters. The molecule has 1 heterocycles. The standard InChI is InChI=1S/C17H23N3O/c1-13(2)20-16(21)9-12-18-11-8-15-6-3-5-14-7-4-10-19-17(14)15/h3-7,10,13,18H,8-9,11-12H2,1-2H3,(H,20,21). The van der Waals surface area contributed by atoms with Crippen LogP contribution < -0.4 is 10.6 Å². The maximum atomic E-state index is 11.5. The van der Waals surface area contributed by atoms with Gasteiger partial charge in [-0.15, -0.1) is 0 Å². The lowest BCUT2D eigenvalue weighted by Gasteiger charge is -2.09. The van der Waals surface area contributed by atoms with Gasteiger partial charge in [-0.1, -0.05) is 24.3 Å². The Balaban J connectivity index is 1.77. The van der Waals surface area contributed by atoms with Crippen LogP contribution in [-0.4, -0.2) is 30.0 Å². The van der Waals surface area contributed by atoms with Gasteiger partial charge in [0, 0.05) is 30.6 Å². The molecule has 0 saturated heterocycles. The topological polar surface area (TPSA) is 54.0 Å². The van der Waals surface area contributed by atoms with E-state index in [9.17, 15) is 4.79 Å². The number of hydrogen-bond donors (Lipinski definition) is 2. The third-order valence-corrected chi connectivity index (χ3v) is 3.27. The minimum atomic E-state index is 0.101. The van der Waals surface area contributed by atoms with E-state index in [2.05, 4.69) is 39.9 Å². The van der Waals surface area contributed by atoms with E-state index >= 15 is 0 Å². The van der Waals surface area contributed by atoms with E-state index in [0.717, 1.165) is 18.5 Å². The first-order chi connectivity index (χ1) is 10.2. The van der Waals surface area contributed by atoms with Crippen LogP contribution in [0.4, 0.5) is 0 Å². The first kappa shape index (κ1) is 15.4. The highest BCUT2D eigenvalue weighted by Gasteiger charge is 2.03. The largest absolute Gasteiger partial charge is 0.354 e. The van der Waals surface area contributed by atoms with Gasteiger partial charge in [0.2, 0.25) is 5.91 Å². The third kappa shape index (κ3) is 4.83. The zero-order valence-corrected chi connectivity index (χ0v) is 12.7. The van der Waals surface area contributed by atoms with Crippen LogP contribution >= 0.6 is 0 Å². The molecule has 2 N–H and O–H groups in total. The van der Waals surface area contributed by atoms with Crippen molar-refractivity contribution in [2.45, 2.75) is 32.7 Å². The van der Waals surface area contributed by atoms with E-state index < -0.39 is 0 Å². The van der Waals surface area contributed by atoms with Gasteiger partial charge in [0.15, 0.2) is 0 Å². The predicted octanol–water partition coefficient (Wildman–Crippen LogP) is 2.28. The van der Waals surface area contributed by atoms with Crippen molar-refractivity contribution in [3.63, 3.8) is 0 Å². The zero-order chi connectivity index (χ0) is 15.1. The van der Waals surface area contributed by atoms with Crippen LogP contribution in [-0.2, 0) is 11.2 Å². The lowest BCUT2D eigenvalue weighted by atomic mass is 10.1. The van der Waals surface area contributed by atoms with Crippen LogP contribution in [0.3, 0.4) is 0 Å². The molecule has 2 rings (SSSR count). The second-order valence-electron chi connectivity index (χ2n) is 5.46. The molecule has 0 aliphatic carbocycles. The molecule has 4 nitrogen and oxygen atoms in total. The van der Waals surface area contributed by atoms with E-state index in [-0.39, 0.29) is 11.9 Å². The molecule has 0 fully saturated rings. The molecule has 0 aliphatic heterocycles. The number of benzene rings is 1. The summed E-state index contributed by atoms with van der Waals surface area (Å²) in [5.41, 5.74) is 2.31. The average molecular weight is 285 g/mol. The number of hydrogen-bond acceptors (Lipinski definition) is 3. The first-order valence-electron chi connectivity index (χ1n) is 7.49. The summed E-state index contributed by atoms with van der Waals surface area (Å²) in [6.45, 7) is 5.50. The number of amides is 1. The van der Waals surface area contributed by atoms with E-state index in [1.54, 1.807) is 0 Å². The SMILES string of the molecule is CC(C)NC(=O)CCNCCc1cccc2cccnc12. The molecular formula is C17H23N3O. The van der Waals surface area contributed by atoms with Crippen molar-refractivity contribution >= 4 is 16.8 Å². The Labute approximate surface area is 126 Å². The van der Waals surface area contributed by atoms with Crippen molar-refractivity contribution in [3.8, 4) is 0 Å². The minimum absolute atomic E-state index is 0.101. The Hall–Kier alpha value is -1.94. The van der Waals surface area contributed by atoms with Gasteiger partial charge < -0.3 is 10.6 Å². The Morgan fingerprint density at radius 1 is 1.19 bits per heavy atom. The average Bonchev–Trinajstić information content (AvgIpc) is 2.46. The molecule has 0 aliphatic rings. The smallest absolute Gasteiger partial charge is 0.221 e. The van der Waals surface area contributed by atoms with Crippen LogP contribution in [0.15, 0.2) is 36.5 Å². The van der Waals surface area contributed by atoms with E-state index in [0.29, 0.717) is 13.0 Å². The van der Waals surface area contributed by atoms with Crippen LogP contribution in [0.2, 0.25) is 0 Å². The lowest BCUT2D eigenvalue weighted by Crippen LogP contribution is -2.32. The fraction of sp³-hybridized carbons (Fsp3) is 0.412. The highest BCUT2D eigenvalue weighted by Crippen LogP contribution is 2.15. The van der Waals surface area contributed by atoms with Gasteiger partial charge in [0.25, 0.3) is 0 Å². The molecule has 0 saturated carbocycles. The summed E-state index contributed by atoms with van der Waals surface area (Å²) in [6, 6.07) is 10.5. The van der Waals surface area contributed by atoms with Crippen LogP contribution in [0.1, 0.15) is 25.8 Å². The van der Waals surface area contributed by atoms with Crippen molar-refractivity contribution in [2.75, 3.05) is 13.1 Å². The molecule has 1 aromatic heterocycles. The lowest BCUT2D eigenvalue weighted by molar-refractivity contribution is -0.121. The molecule has 0 atom stereocenters. The Kier molecular flexibility index (Phi) is 5.69. The van der Waals surface area contributed by atoms with Gasteiger partial charge >= 0.3 is 0 Å². The number of nitrogens with zero attached hydrogens (tertiary/aromatic N) is 1. The summed E-state index contributed by atoms with van der Waals surface area (Å²) >= 11 is 0. The number of carbonyl (C=O) groups excluding carboxylic acids is 1. The van der Waals surface area contributed by atoms with E-state index in [1.165, 1.54) is 10.9 Å². The fourth-order valence-electron chi connectivity index (χ4n) is 2.31. The van der Waals surface area contributed by atoms with Gasteiger partial charge in [0.1, 0.15) is 0 Å². The normalized spacial score (nSPS) is 11.0. The van der Waals surface area contributed by atoms with Gasteiger partial charge in [-0.2, -0.15) is 0 Å². The predicted molar refractivity (Wildman–Crippen MR) is 86.2 cm³/mol. The summed E-state index contributed by atoms with van der Waals surface area (Å²) in [7, 11) is 0. The monoisotopic (exact) mass is 285 g/mol. The quantitative estimate of drug-likeness (QED) is 0.767. The van der Waals surface area contributed by atoms with E-state index in [1.807, 2.05) is 26.1 Å². The van der Waals surface area contributed by atoms with Crippen LogP contribution in [0, 0.1) is 0 Å². The Morgan fingerprint density at radius 2 is 2.00 bits per heavy atom. The van der Waals surface area contributed by atoms with Crippen molar-refractivity contribution in [1.82, 2.24) is 15.6 Å². The molecule has 112 valence electrons. The summed E-state index contributed by atoms with van der Waals surface area (Å²) in [6.07, 6.45) is 3.27. The molecule has 0 spiro atoms. The number of pyridine rings is 1. The molecule has 0 bridgehead atoms. The van der Waals surface area contributed by atoms with Gasteiger partial charge in [-0.25, -0.2) is 0 Å². The van der Waals surface area contributed by atoms with Gasteiger partial charge in [-0.3, -0.25) is 9.78 Å². The first-order valence-corrected chi connectivity index (χ1v) is 7.49. The molecule has 0 radical (unpaired) electrons. The zero-order valence-electron chi connectivity index (χ0n) is 12.7. The molecule has 4 heteroatoms. The van der Waals surface area contributed by atoms with Gasteiger partial charge in [-0.05, 0) is 38.4 Å². The van der Waals surface area contributed by atoms with Crippen molar-refractivity contribution in [2.24, 2.45) is 0 Å². The molecule has 2 aromatic rings. The number of carbonyl (C=O) groups is 1. The number of rotatable bonds is 7. The minimum Gasteiger partial charge on any atom is -0.354 e. The summed E-state index contributed by atoms with van der Waals surface area (Å²) in [5, 5.41) is 7.37. The summed E-state index contributed by atoms with van der Waals surface area (Å²) < 4.78 is 0. The third-order valence-electron chi connectivity index (χ3n) is 3.27. The van der Waals surface area contributed by atoms with Crippen LogP contribution in [0.25, 0.3) is 10.9 Å². The second-order valence-corrected chi connectivity index (χ2v) is 5.46. The fourth-order valence-corrected chi connectivity index (χ4v) is 2.31. The highest BCUT2D eigenvalue weighted by molar-refractivity contribution is 5.81. The number of para-hydroxylation sites is 1.